The molecule has 2 aromatic carbocycles. The van der Waals surface area contributed by atoms with Crippen LogP contribution in [0.3, 0.4) is 0 Å². The molecular weight excluding hydrogens is 298 g/mol. The minimum Gasteiger partial charge on any atom is -0.435 e. The quantitative estimate of drug-likeness (QED) is 0.469. The largest absolute Gasteiger partial charge is 0.435 e. The van der Waals surface area contributed by atoms with Crippen LogP contribution in [-0.4, -0.2) is 14.5 Å². The lowest BCUT2D eigenvalue weighted by Crippen LogP contribution is -1.98. The molecule has 3 aromatic heterocycles. The predicted molar refractivity (Wildman–Crippen MR) is 94.1 cm³/mol. The summed E-state index contributed by atoms with van der Waals surface area (Å²) in [6.07, 6.45) is 1.79. The summed E-state index contributed by atoms with van der Waals surface area (Å²) in [6.45, 7) is 0. The standard InChI is InChI=1S/C20H13N3O/c1-3-9-16-14(7-1)13-17(23(16)19-11-5-6-12-21-19)20-22-15-8-2-4-10-18(15)24-20/h1-13H. The molecule has 24 heavy (non-hydrogen) atoms. The Hall–Kier alpha value is -3.40. The first-order valence-electron chi connectivity index (χ1n) is 7.78. The van der Waals surface area contributed by atoms with E-state index in [1.807, 2.05) is 54.6 Å². The normalized spacial score (nSPS) is 11.3. The fourth-order valence-corrected chi connectivity index (χ4v) is 3.03. The van der Waals surface area contributed by atoms with Crippen molar-refractivity contribution >= 4 is 22.0 Å². The number of para-hydroxylation sites is 3. The molecule has 0 aliphatic carbocycles. The van der Waals surface area contributed by atoms with Crippen LogP contribution >= 0.6 is 0 Å². The molecular formula is C20H13N3O. The zero-order chi connectivity index (χ0) is 15.9. The van der Waals surface area contributed by atoms with Crippen LogP contribution in [0.2, 0.25) is 0 Å². The number of hydrogen-bond acceptors (Lipinski definition) is 3. The van der Waals surface area contributed by atoms with Gasteiger partial charge in [0, 0.05) is 11.6 Å². The van der Waals surface area contributed by atoms with E-state index in [9.17, 15) is 0 Å². The van der Waals surface area contributed by atoms with Crippen molar-refractivity contribution in [2.45, 2.75) is 0 Å². The summed E-state index contributed by atoms with van der Waals surface area (Å²) in [5.41, 5.74) is 3.61. The molecule has 0 fully saturated rings. The van der Waals surface area contributed by atoms with Gasteiger partial charge in [0.1, 0.15) is 17.0 Å². The molecule has 0 bridgehead atoms. The van der Waals surface area contributed by atoms with E-state index < -0.39 is 0 Å². The molecule has 0 atom stereocenters. The Labute approximate surface area is 138 Å². The highest BCUT2D eigenvalue weighted by Gasteiger charge is 2.17. The summed E-state index contributed by atoms with van der Waals surface area (Å²) in [6, 6.07) is 24.0. The van der Waals surface area contributed by atoms with Gasteiger partial charge >= 0.3 is 0 Å². The van der Waals surface area contributed by atoms with E-state index in [0.717, 1.165) is 33.5 Å². The number of nitrogens with zero attached hydrogens (tertiary/aromatic N) is 3. The molecule has 4 heteroatoms. The van der Waals surface area contributed by atoms with Gasteiger partial charge < -0.3 is 4.42 Å². The average molecular weight is 311 g/mol. The van der Waals surface area contributed by atoms with Crippen molar-refractivity contribution in [2.24, 2.45) is 0 Å². The number of rotatable bonds is 2. The molecule has 4 nitrogen and oxygen atoms in total. The Kier molecular flexibility index (Phi) is 2.76. The Morgan fingerprint density at radius 1 is 0.833 bits per heavy atom. The molecule has 0 N–H and O–H groups in total. The number of hydrogen-bond donors (Lipinski definition) is 0. The molecule has 3 heterocycles. The smallest absolute Gasteiger partial charge is 0.244 e. The van der Waals surface area contributed by atoms with Crippen LogP contribution in [0.4, 0.5) is 0 Å². The number of pyridine rings is 1. The first kappa shape index (κ1) is 13.1. The first-order valence-corrected chi connectivity index (χ1v) is 7.78. The van der Waals surface area contributed by atoms with Crippen LogP contribution in [0.25, 0.3) is 39.4 Å². The highest BCUT2D eigenvalue weighted by atomic mass is 16.3. The Balaban J connectivity index is 1.85. The van der Waals surface area contributed by atoms with Crippen LogP contribution in [0, 0.1) is 0 Å². The number of benzene rings is 2. The van der Waals surface area contributed by atoms with E-state index >= 15 is 0 Å². The maximum absolute atomic E-state index is 5.99. The van der Waals surface area contributed by atoms with Crippen LogP contribution in [0.5, 0.6) is 0 Å². The zero-order valence-electron chi connectivity index (χ0n) is 12.8. The van der Waals surface area contributed by atoms with Crippen molar-refractivity contribution in [3.8, 4) is 17.4 Å². The molecule has 0 spiro atoms. The molecule has 5 aromatic rings. The minimum absolute atomic E-state index is 0.595. The SMILES string of the molecule is c1ccc(-n2c(-c3nc4ccccc4o3)cc3ccccc32)nc1. The van der Waals surface area contributed by atoms with Crippen molar-refractivity contribution in [3.63, 3.8) is 0 Å². The van der Waals surface area contributed by atoms with Gasteiger partial charge in [-0.1, -0.05) is 36.4 Å². The van der Waals surface area contributed by atoms with E-state index in [1.54, 1.807) is 6.20 Å². The lowest BCUT2D eigenvalue weighted by Gasteiger charge is -2.07. The number of fused-ring (bicyclic) bond motifs is 2. The van der Waals surface area contributed by atoms with Crippen molar-refractivity contribution in [3.05, 3.63) is 79.0 Å². The summed E-state index contributed by atoms with van der Waals surface area (Å²) >= 11 is 0. The second kappa shape index (κ2) is 5.06. The Morgan fingerprint density at radius 2 is 1.67 bits per heavy atom. The zero-order valence-corrected chi connectivity index (χ0v) is 12.8. The van der Waals surface area contributed by atoms with E-state index in [1.165, 1.54) is 0 Å². The molecule has 5 rings (SSSR count). The van der Waals surface area contributed by atoms with Gasteiger partial charge in [0.25, 0.3) is 0 Å². The fourth-order valence-electron chi connectivity index (χ4n) is 3.03. The third-order valence-corrected chi connectivity index (χ3v) is 4.10. The second-order valence-electron chi connectivity index (χ2n) is 5.60. The summed E-state index contributed by atoms with van der Waals surface area (Å²) in [7, 11) is 0. The van der Waals surface area contributed by atoms with Gasteiger partial charge in [-0.05, 0) is 36.4 Å². The van der Waals surface area contributed by atoms with Gasteiger partial charge in [0.05, 0.1) is 5.52 Å². The average Bonchev–Trinajstić information content (AvgIpc) is 3.23. The molecule has 0 amide bonds. The van der Waals surface area contributed by atoms with Crippen LogP contribution in [-0.2, 0) is 0 Å². The van der Waals surface area contributed by atoms with Crippen molar-refractivity contribution in [1.29, 1.82) is 0 Å². The highest BCUT2D eigenvalue weighted by Crippen LogP contribution is 2.32. The van der Waals surface area contributed by atoms with Gasteiger partial charge in [0.2, 0.25) is 5.89 Å². The second-order valence-corrected chi connectivity index (χ2v) is 5.60. The van der Waals surface area contributed by atoms with Crippen LogP contribution in [0.1, 0.15) is 0 Å². The number of oxazole rings is 1. The van der Waals surface area contributed by atoms with Gasteiger partial charge in [-0.25, -0.2) is 9.97 Å². The topological polar surface area (TPSA) is 43.9 Å². The van der Waals surface area contributed by atoms with Crippen molar-refractivity contribution in [1.82, 2.24) is 14.5 Å². The Morgan fingerprint density at radius 3 is 2.54 bits per heavy atom. The van der Waals surface area contributed by atoms with E-state index in [4.69, 9.17) is 4.42 Å². The third-order valence-electron chi connectivity index (χ3n) is 4.10. The molecule has 0 aliphatic rings. The molecule has 0 aliphatic heterocycles. The maximum atomic E-state index is 5.99. The summed E-state index contributed by atoms with van der Waals surface area (Å²) in [4.78, 5) is 9.15. The van der Waals surface area contributed by atoms with E-state index in [2.05, 4.69) is 32.7 Å². The summed E-state index contributed by atoms with van der Waals surface area (Å²) < 4.78 is 8.07. The van der Waals surface area contributed by atoms with E-state index in [0.29, 0.717) is 5.89 Å². The highest BCUT2D eigenvalue weighted by molar-refractivity contribution is 5.88. The van der Waals surface area contributed by atoms with Crippen LogP contribution in [0.15, 0.2) is 83.4 Å². The van der Waals surface area contributed by atoms with Gasteiger partial charge in [-0.2, -0.15) is 0 Å². The van der Waals surface area contributed by atoms with E-state index in [-0.39, 0.29) is 0 Å². The lowest BCUT2D eigenvalue weighted by atomic mass is 10.2. The molecule has 114 valence electrons. The predicted octanol–water partition coefficient (Wildman–Crippen LogP) is 4.83. The Bertz CT molecular complexity index is 1120. The summed E-state index contributed by atoms with van der Waals surface area (Å²) in [5.74, 6) is 1.44. The first-order chi connectivity index (χ1) is 11.9. The maximum Gasteiger partial charge on any atom is 0.244 e. The number of aromatic nitrogens is 3. The van der Waals surface area contributed by atoms with Crippen LogP contribution < -0.4 is 0 Å². The molecule has 0 saturated heterocycles. The van der Waals surface area contributed by atoms with Crippen molar-refractivity contribution < 1.29 is 4.42 Å². The van der Waals surface area contributed by atoms with Crippen molar-refractivity contribution in [2.75, 3.05) is 0 Å². The van der Waals surface area contributed by atoms with Gasteiger partial charge in [-0.15, -0.1) is 0 Å². The summed E-state index contributed by atoms with van der Waals surface area (Å²) in [5, 5.41) is 1.13. The minimum atomic E-state index is 0.595. The molecule has 0 radical (unpaired) electrons. The molecule has 0 unspecified atom stereocenters. The monoisotopic (exact) mass is 311 g/mol. The lowest BCUT2D eigenvalue weighted by molar-refractivity contribution is 0.615. The van der Waals surface area contributed by atoms with Gasteiger partial charge in [0.15, 0.2) is 5.58 Å². The third kappa shape index (κ3) is 1.93. The fraction of sp³-hybridized carbons (Fsp3) is 0. The van der Waals surface area contributed by atoms with Gasteiger partial charge in [-0.3, -0.25) is 4.57 Å². The molecule has 0 saturated carbocycles.